The summed E-state index contributed by atoms with van der Waals surface area (Å²) in [5.41, 5.74) is 2.42. The van der Waals surface area contributed by atoms with Crippen molar-refractivity contribution in [3.8, 4) is 5.75 Å². The maximum Gasteiger partial charge on any atom is 0.336 e. The summed E-state index contributed by atoms with van der Waals surface area (Å²) in [6.45, 7) is 2.97. The van der Waals surface area contributed by atoms with Crippen LogP contribution in [-0.4, -0.2) is 25.2 Å². The fourth-order valence-corrected chi connectivity index (χ4v) is 5.44. The van der Waals surface area contributed by atoms with Crippen molar-refractivity contribution in [3.05, 3.63) is 69.5 Å². The van der Waals surface area contributed by atoms with Gasteiger partial charge >= 0.3 is 5.63 Å². The Hall–Kier alpha value is -2.70. The molecule has 1 fully saturated rings. The number of fused-ring (bicyclic) bond motifs is 2. The molecule has 1 aliphatic heterocycles. The van der Waals surface area contributed by atoms with Crippen LogP contribution in [0.25, 0.3) is 21.2 Å². The smallest absolute Gasteiger partial charge is 0.336 e. The van der Waals surface area contributed by atoms with Crippen molar-refractivity contribution in [1.82, 2.24) is 4.98 Å². The van der Waals surface area contributed by atoms with Crippen LogP contribution in [0, 0.1) is 0 Å². The molecule has 1 N–H and O–H groups in total. The molecule has 0 radical (unpaired) electrons. The maximum absolute atomic E-state index is 12.1. The predicted octanol–water partition coefficient (Wildman–Crippen LogP) is 3.37. The van der Waals surface area contributed by atoms with E-state index in [-0.39, 0.29) is 5.63 Å². The van der Waals surface area contributed by atoms with Gasteiger partial charge in [0, 0.05) is 23.1 Å². The van der Waals surface area contributed by atoms with E-state index in [4.69, 9.17) is 14.1 Å². The number of hydrogen-bond donors (Lipinski definition) is 1. The van der Waals surface area contributed by atoms with Crippen molar-refractivity contribution >= 4 is 32.5 Å². The van der Waals surface area contributed by atoms with Gasteiger partial charge in [0.25, 0.3) is 0 Å². The third kappa shape index (κ3) is 3.66. The van der Waals surface area contributed by atoms with Crippen molar-refractivity contribution in [2.45, 2.75) is 25.3 Å². The van der Waals surface area contributed by atoms with E-state index in [0.29, 0.717) is 17.3 Å². The molecule has 5 nitrogen and oxygen atoms in total. The molecule has 2 aromatic carbocycles. The van der Waals surface area contributed by atoms with Crippen LogP contribution >= 0.6 is 11.3 Å². The van der Waals surface area contributed by atoms with E-state index in [2.05, 4.69) is 18.2 Å². The van der Waals surface area contributed by atoms with Crippen LogP contribution in [0.15, 0.2) is 57.7 Å². The highest BCUT2D eigenvalue weighted by molar-refractivity contribution is 7.18. The van der Waals surface area contributed by atoms with E-state index < -0.39 is 0 Å². The minimum atomic E-state index is -0.306. The third-order valence-electron chi connectivity index (χ3n) is 5.76. The Balaban J connectivity index is 1.41. The molecule has 2 aromatic heterocycles. The second kappa shape index (κ2) is 7.61. The summed E-state index contributed by atoms with van der Waals surface area (Å²) in [5.74, 6) is 1.17. The highest BCUT2D eigenvalue weighted by Gasteiger charge is 2.27. The summed E-state index contributed by atoms with van der Waals surface area (Å²) in [5, 5.41) is 2.23. The molecule has 4 aromatic rings. The van der Waals surface area contributed by atoms with Crippen molar-refractivity contribution in [1.29, 1.82) is 0 Å². The van der Waals surface area contributed by atoms with Gasteiger partial charge < -0.3 is 14.1 Å². The number of rotatable bonds is 4. The molecule has 5 rings (SSSR count). The van der Waals surface area contributed by atoms with E-state index >= 15 is 0 Å². The average molecular weight is 408 g/mol. The van der Waals surface area contributed by atoms with Gasteiger partial charge in [0.05, 0.1) is 36.3 Å². The van der Waals surface area contributed by atoms with Crippen LogP contribution < -0.4 is 15.3 Å². The van der Waals surface area contributed by atoms with Gasteiger partial charge in [-0.2, -0.15) is 0 Å². The third-order valence-corrected chi connectivity index (χ3v) is 6.95. The van der Waals surface area contributed by atoms with Gasteiger partial charge in [-0.05, 0) is 37.1 Å². The Kier molecular flexibility index (Phi) is 4.81. The number of likely N-dealkylation sites (tertiary alicyclic amines) is 1. The first-order valence-electron chi connectivity index (χ1n) is 9.99. The molecule has 1 unspecified atom stereocenters. The fourth-order valence-electron chi connectivity index (χ4n) is 4.34. The van der Waals surface area contributed by atoms with Crippen LogP contribution in [-0.2, 0) is 6.54 Å². The molecule has 1 aliphatic rings. The van der Waals surface area contributed by atoms with Gasteiger partial charge in [-0.15, -0.1) is 11.3 Å². The summed E-state index contributed by atoms with van der Waals surface area (Å²) < 4.78 is 11.9. The number of aromatic nitrogens is 1. The number of para-hydroxylation sites is 1. The topological polar surface area (TPSA) is 56.8 Å². The monoisotopic (exact) mass is 407 g/mol. The number of nitrogens with zero attached hydrogens (tertiary/aromatic N) is 1. The van der Waals surface area contributed by atoms with Crippen LogP contribution in [0.2, 0.25) is 0 Å². The molecule has 148 valence electrons. The SMILES string of the molecule is COc1ccc2c(C[NH+]3CCC[C@H](c4nc5ccccc5s4)C3)cc(=O)oc2c1. The number of quaternary nitrogens is 1. The lowest BCUT2D eigenvalue weighted by Crippen LogP contribution is -3.12. The Bertz CT molecular complexity index is 1200. The molecular weight excluding hydrogens is 384 g/mol. The molecule has 0 aliphatic carbocycles. The number of hydrogen-bond acceptors (Lipinski definition) is 5. The molecule has 0 spiro atoms. The molecule has 3 heterocycles. The summed E-state index contributed by atoms with van der Waals surface area (Å²) in [4.78, 5) is 18.5. The largest absolute Gasteiger partial charge is 0.497 e. The van der Waals surface area contributed by atoms with Gasteiger partial charge in [-0.3, -0.25) is 0 Å². The van der Waals surface area contributed by atoms with Crippen LogP contribution in [0.1, 0.15) is 29.3 Å². The second-order valence-electron chi connectivity index (χ2n) is 7.69. The molecule has 29 heavy (non-hydrogen) atoms. The number of nitrogens with one attached hydrogen (secondary N) is 1. The van der Waals surface area contributed by atoms with Crippen molar-refractivity contribution in [3.63, 3.8) is 0 Å². The van der Waals surface area contributed by atoms with Gasteiger partial charge in [-0.25, -0.2) is 9.78 Å². The number of piperidine rings is 1. The molecule has 0 amide bonds. The molecule has 6 heteroatoms. The van der Waals surface area contributed by atoms with E-state index in [1.165, 1.54) is 27.4 Å². The number of methoxy groups -OCH3 is 1. The fraction of sp³-hybridized carbons (Fsp3) is 0.304. The molecular formula is C23H23N2O3S+. The lowest BCUT2D eigenvalue weighted by atomic mass is 9.98. The highest BCUT2D eigenvalue weighted by Crippen LogP contribution is 2.30. The zero-order valence-electron chi connectivity index (χ0n) is 16.3. The lowest BCUT2D eigenvalue weighted by Gasteiger charge is -2.29. The first kappa shape index (κ1) is 18.3. The normalized spacial score (nSPS) is 19.6. The summed E-state index contributed by atoms with van der Waals surface area (Å²) in [6, 6.07) is 15.7. The molecule has 1 saturated heterocycles. The first-order chi connectivity index (χ1) is 14.2. The van der Waals surface area contributed by atoms with E-state index in [9.17, 15) is 4.79 Å². The van der Waals surface area contributed by atoms with E-state index in [1.54, 1.807) is 19.2 Å². The van der Waals surface area contributed by atoms with E-state index in [0.717, 1.165) is 36.1 Å². The lowest BCUT2D eigenvalue weighted by molar-refractivity contribution is -0.919. The number of benzene rings is 2. The molecule has 0 bridgehead atoms. The number of ether oxygens (including phenoxy) is 1. The first-order valence-corrected chi connectivity index (χ1v) is 10.8. The zero-order valence-corrected chi connectivity index (χ0v) is 17.1. The zero-order chi connectivity index (χ0) is 19.8. The standard InChI is InChI=1S/C23H22N2O3S/c1-27-17-8-9-18-16(11-22(26)28-20(18)12-17)14-25-10-4-5-15(13-25)23-24-19-6-2-3-7-21(19)29-23/h2-3,6-9,11-12,15H,4-5,10,13-14H2,1H3/p+1/t15-/m0/s1. The van der Waals surface area contributed by atoms with Crippen LogP contribution in [0.4, 0.5) is 0 Å². The summed E-state index contributed by atoms with van der Waals surface area (Å²) >= 11 is 1.82. The number of thiazole rings is 1. The van der Waals surface area contributed by atoms with Gasteiger partial charge in [-0.1, -0.05) is 12.1 Å². The van der Waals surface area contributed by atoms with Crippen LogP contribution in [0.5, 0.6) is 5.75 Å². The molecule has 2 atom stereocenters. The summed E-state index contributed by atoms with van der Waals surface area (Å²) in [6.07, 6.45) is 2.35. The van der Waals surface area contributed by atoms with Gasteiger partial charge in [0.15, 0.2) is 0 Å². The second-order valence-corrected chi connectivity index (χ2v) is 8.75. The van der Waals surface area contributed by atoms with Gasteiger partial charge in [0.2, 0.25) is 0 Å². The molecule has 0 saturated carbocycles. The van der Waals surface area contributed by atoms with Gasteiger partial charge in [0.1, 0.15) is 22.9 Å². The van der Waals surface area contributed by atoms with Crippen molar-refractivity contribution < 1.29 is 14.1 Å². The Morgan fingerprint density at radius 1 is 1.24 bits per heavy atom. The van der Waals surface area contributed by atoms with Crippen LogP contribution in [0.3, 0.4) is 0 Å². The Labute approximate surface area is 172 Å². The maximum atomic E-state index is 12.1. The van der Waals surface area contributed by atoms with Crippen molar-refractivity contribution in [2.75, 3.05) is 20.2 Å². The predicted molar refractivity (Wildman–Crippen MR) is 115 cm³/mol. The minimum Gasteiger partial charge on any atom is -0.497 e. The average Bonchev–Trinajstić information content (AvgIpc) is 3.18. The quantitative estimate of drug-likeness (QED) is 0.527. The Morgan fingerprint density at radius 2 is 2.14 bits per heavy atom. The summed E-state index contributed by atoms with van der Waals surface area (Å²) in [7, 11) is 1.61. The minimum absolute atomic E-state index is 0.306. The van der Waals surface area contributed by atoms with E-state index in [1.807, 2.05) is 29.5 Å². The Morgan fingerprint density at radius 3 is 3.00 bits per heavy atom. The van der Waals surface area contributed by atoms with Crippen molar-refractivity contribution in [2.24, 2.45) is 0 Å². The highest BCUT2D eigenvalue weighted by atomic mass is 32.1.